The summed E-state index contributed by atoms with van der Waals surface area (Å²) in [5.41, 5.74) is 4.77. The maximum Gasteiger partial charge on any atom is 0.271 e. The third-order valence-electron chi connectivity index (χ3n) is 4.69. The molecule has 1 N–H and O–H groups in total. The molecule has 154 valence electrons. The highest BCUT2D eigenvalue weighted by atomic mass is 35.5. The Bertz CT molecular complexity index is 1270. The van der Waals surface area contributed by atoms with Crippen LogP contribution in [-0.4, -0.2) is 12.1 Å². The fraction of sp³-hybridized carbons (Fsp3) is 0.0400. The minimum atomic E-state index is -0.377. The van der Waals surface area contributed by atoms with Crippen molar-refractivity contribution in [2.45, 2.75) is 6.61 Å². The van der Waals surface area contributed by atoms with Crippen LogP contribution in [0.15, 0.2) is 90.0 Å². The van der Waals surface area contributed by atoms with Crippen molar-refractivity contribution in [3.05, 3.63) is 112 Å². The fourth-order valence-corrected chi connectivity index (χ4v) is 3.43. The summed E-state index contributed by atoms with van der Waals surface area (Å²) in [5.74, 6) is 0.339. The number of hydrazone groups is 1. The van der Waals surface area contributed by atoms with Crippen LogP contribution in [0.5, 0.6) is 5.75 Å². The minimum Gasteiger partial charge on any atom is -0.489 e. The molecule has 0 atom stereocenters. The molecule has 0 unspecified atom stereocenters. The van der Waals surface area contributed by atoms with Gasteiger partial charge in [0, 0.05) is 5.56 Å². The van der Waals surface area contributed by atoms with Crippen molar-refractivity contribution in [2.24, 2.45) is 5.10 Å². The van der Waals surface area contributed by atoms with Crippen molar-refractivity contribution < 1.29 is 9.53 Å². The lowest BCUT2D eigenvalue weighted by Crippen LogP contribution is -2.17. The van der Waals surface area contributed by atoms with E-state index in [2.05, 4.69) is 34.8 Å². The molecular weight excluding hydrogens is 431 g/mol. The van der Waals surface area contributed by atoms with Crippen molar-refractivity contribution in [1.29, 1.82) is 0 Å². The molecular formula is C25H18Cl2N2O2. The maximum atomic E-state index is 12.2. The van der Waals surface area contributed by atoms with Crippen LogP contribution in [0.4, 0.5) is 0 Å². The predicted molar refractivity (Wildman–Crippen MR) is 126 cm³/mol. The highest BCUT2D eigenvalue weighted by Gasteiger charge is 2.07. The Morgan fingerprint density at radius 3 is 2.58 bits per heavy atom. The number of carbonyl (C=O) groups is 1. The smallest absolute Gasteiger partial charge is 0.271 e. The Labute approximate surface area is 190 Å². The largest absolute Gasteiger partial charge is 0.489 e. The number of halogens is 2. The first-order valence-corrected chi connectivity index (χ1v) is 10.3. The lowest BCUT2D eigenvalue weighted by atomic mass is 10.1. The van der Waals surface area contributed by atoms with Gasteiger partial charge >= 0.3 is 0 Å². The number of rotatable bonds is 6. The predicted octanol–water partition coefficient (Wildman–Crippen LogP) is 6.49. The molecule has 31 heavy (non-hydrogen) atoms. The van der Waals surface area contributed by atoms with Crippen molar-refractivity contribution in [3.8, 4) is 5.75 Å². The van der Waals surface area contributed by atoms with E-state index in [4.69, 9.17) is 27.9 Å². The molecule has 0 aliphatic heterocycles. The number of hydrogen-bond donors (Lipinski definition) is 1. The van der Waals surface area contributed by atoms with E-state index in [0.29, 0.717) is 28.0 Å². The van der Waals surface area contributed by atoms with Gasteiger partial charge in [-0.25, -0.2) is 5.43 Å². The first-order chi connectivity index (χ1) is 15.1. The molecule has 0 saturated carbocycles. The minimum absolute atomic E-state index is 0.314. The second kappa shape index (κ2) is 9.65. The molecule has 0 saturated heterocycles. The number of nitrogens with zero attached hydrogens (tertiary/aromatic N) is 1. The second-order valence-corrected chi connectivity index (χ2v) is 7.64. The van der Waals surface area contributed by atoms with Crippen molar-refractivity contribution in [2.75, 3.05) is 0 Å². The Morgan fingerprint density at radius 2 is 1.71 bits per heavy atom. The van der Waals surface area contributed by atoms with Crippen LogP contribution in [0, 0.1) is 0 Å². The van der Waals surface area contributed by atoms with Crippen molar-refractivity contribution in [3.63, 3.8) is 0 Å². The number of fused-ring (bicyclic) bond motifs is 1. The summed E-state index contributed by atoms with van der Waals surface area (Å²) in [6.45, 7) is 0.454. The van der Waals surface area contributed by atoms with E-state index in [1.54, 1.807) is 18.3 Å². The number of hydrogen-bond acceptors (Lipinski definition) is 3. The lowest BCUT2D eigenvalue weighted by molar-refractivity contribution is 0.0955. The maximum absolute atomic E-state index is 12.2. The third kappa shape index (κ3) is 5.23. The van der Waals surface area contributed by atoms with Crippen LogP contribution < -0.4 is 10.2 Å². The van der Waals surface area contributed by atoms with E-state index in [0.717, 1.165) is 11.1 Å². The summed E-state index contributed by atoms with van der Waals surface area (Å²) in [5, 5.41) is 7.08. The fourth-order valence-electron chi connectivity index (χ4n) is 3.13. The van der Waals surface area contributed by atoms with Gasteiger partial charge in [-0.3, -0.25) is 4.79 Å². The highest BCUT2D eigenvalue weighted by molar-refractivity contribution is 6.42. The molecule has 0 heterocycles. The van der Waals surface area contributed by atoms with E-state index in [9.17, 15) is 4.79 Å². The van der Waals surface area contributed by atoms with E-state index < -0.39 is 0 Å². The van der Waals surface area contributed by atoms with Gasteiger partial charge in [0.1, 0.15) is 12.4 Å². The Kier molecular flexibility index (Phi) is 6.51. The van der Waals surface area contributed by atoms with Gasteiger partial charge in [-0.1, -0.05) is 77.8 Å². The average molecular weight is 449 g/mol. The Hall–Kier alpha value is -3.34. The summed E-state index contributed by atoms with van der Waals surface area (Å²) in [7, 11) is 0. The molecule has 0 bridgehead atoms. The normalized spacial score (nSPS) is 11.0. The van der Waals surface area contributed by atoms with Gasteiger partial charge in [-0.15, -0.1) is 0 Å². The quantitative estimate of drug-likeness (QED) is 0.270. The van der Waals surface area contributed by atoms with Crippen LogP contribution in [0.1, 0.15) is 21.5 Å². The standard InChI is InChI=1S/C25H18Cl2N2O2/c26-23-12-11-19(14-24(23)27)25(30)29-28-15-17-5-3-9-21(13-17)31-16-20-8-4-7-18-6-1-2-10-22(18)20/h1-15H,16H2,(H,29,30)/b28-15-. The SMILES string of the molecule is O=C(N/N=C\c1cccc(OCc2cccc3ccccc23)c1)c1ccc(Cl)c(Cl)c1. The molecule has 0 aromatic heterocycles. The molecule has 4 nitrogen and oxygen atoms in total. The van der Waals surface area contributed by atoms with Gasteiger partial charge in [0.15, 0.2) is 0 Å². The van der Waals surface area contributed by atoms with Gasteiger partial charge in [0.05, 0.1) is 16.3 Å². The van der Waals surface area contributed by atoms with Crippen LogP contribution in [-0.2, 0) is 6.61 Å². The topological polar surface area (TPSA) is 50.7 Å². The summed E-state index contributed by atoms with van der Waals surface area (Å²) >= 11 is 11.8. The van der Waals surface area contributed by atoms with Crippen molar-refractivity contribution >= 4 is 46.1 Å². The highest BCUT2D eigenvalue weighted by Crippen LogP contribution is 2.23. The molecule has 6 heteroatoms. The van der Waals surface area contributed by atoms with Gasteiger partial charge < -0.3 is 4.74 Å². The van der Waals surface area contributed by atoms with E-state index >= 15 is 0 Å². The molecule has 0 spiro atoms. The average Bonchev–Trinajstić information content (AvgIpc) is 2.79. The van der Waals surface area contributed by atoms with E-state index in [1.165, 1.54) is 16.8 Å². The van der Waals surface area contributed by atoms with Gasteiger partial charge in [0.25, 0.3) is 5.91 Å². The van der Waals surface area contributed by atoms with Crippen LogP contribution >= 0.6 is 23.2 Å². The molecule has 0 radical (unpaired) electrons. The van der Waals surface area contributed by atoms with Crippen LogP contribution in [0.25, 0.3) is 10.8 Å². The molecule has 0 aliphatic rings. The van der Waals surface area contributed by atoms with Gasteiger partial charge in [0.2, 0.25) is 0 Å². The van der Waals surface area contributed by atoms with Gasteiger partial charge in [-0.05, 0) is 52.2 Å². The third-order valence-corrected chi connectivity index (χ3v) is 5.43. The molecule has 4 aromatic carbocycles. The van der Waals surface area contributed by atoms with E-state index in [1.807, 2.05) is 42.5 Å². The zero-order chi connectivity index (χ0) is 21.6. The molecule has 4 aromatic rings. The first kappa shape index (κ1) is 20.9. The Balaban J connectivity index is 1.40. The number of ether oxygens (including phenoxy) is 1. The van der Waals surface area contributed by atoms with Crippen LogP contribution in [0.3, 0.4) is 0 Å². The van der Waals surface area contributed by atoms with Crippen molar-refractivity contribution in [1.82, 2.24) is 5.43 Å². The summed E-state index contributed by atoms with van der Waals surface area (Å²) in [6, 6.07) is 26.5. The molecule has 0 fully saturated rings. The molecule has 0 aliphatic carbocycles. The number of amides is 1. The number of nitrogens with one attached hydrogen (secondary N) is 1. The van der Waals surface area contributed by atoms with E-state index in [-0.39, 0.29) is 5.91 Å². The zero-order valence-electron chi connectivity index (χ0n) is 16.4. The zero-order valence-corrected chi connectivity index (χ0v) is 17.9. The van der Waals surface area contributed by atoms with Gasteiger partial charge in [-0.2, -0.15) is 5.10 Å². The lowest BCUT2D eigenvalue weighted by Gasteiger charge is -2.09. The number of carbonyl (C=O) groups excluding carboxylic acids is 1. The monoisotopic (exact) mass is 448 g/mol. The van der Waals surface area contributed by atoms with Crippen LogP contribution in [0.2, 0.25) is 10.0 Å². The first-order valence-electron chi connectivity index (χ1n) is 9.58. The summed E-state index contributed by atoms with van der Waals surface area (Å²) < 4.78 is 5.99. The summed E-state index contributed by atoms with van der Waals surface area (Å²) in [6.07, 6.45) is 1.56. The molecule has 1 amide bonds. The molecule has 4 rings (SSSR count). The summed E-state index contributed by atoms with van der Waals surface area (Å²) in [4.78, 5) is 12.2. The Morgan fingerprint density at radius 1 is 0.903 bits per heavy atom. The second-order valence-electron chi connectivity index (χ2n) is 6.83. The number of benzene rings is 4.